The van der Waals surface area contributed by atoms with Gasteiger partial charge in [0.25, 0.3) is 11.5 Å². The van der Waals surface area contributed by atoms with Crippen molar-refractivity contribution in [3.8, 4) is 0 Å². The minimum Gasteiger partial charge on any atom is -0.323 e. The Labute approximate surface area is 181 Å². The van der Waals surface area contributed by atoms with Crippen LogP contribution in [-0.2, 0) is 29.2 Å². The molecule has 2 N–H and O–H groups in total. The van der Waals surface area contributed by atoms with E-state index in [4.69, 9.17) is 0 Å². The molecule has 11 heteroatoms. The maximum absolute atomic E-state index is 12.9. The van der Waals surface area contributed by atoms with E-state index in [2.05, 4.69) is 15.6 Å². The van der Waals surface area contributed by atoms with E-state index in [1.165, 1.54) is 30.9 Å². The van der Waals surface area contributed by atoms with E-state index in [0.717, 1.165) is 9.47 Å². The van der Waals surface area contributed by atoms with Crippen molar-refractivity contribution in [2.45, 2.75) is 12.5 Å². The standard InChI is InChI=1S/C21H20N6O5/c1-21(12-7-5-4-6-8-12)18(30)27(19(31)24-21)11-15(28)23-13-9-14-16(22-10-13)25(2)20(32)26(3)17(14)29/h4-10H,11H2,1-3H3,(H,23,28)(H,24,31). The Bertz CT molecular complexity index is 1390. The van der Waals surface area contributed by atoms with Gasteiger partial charge in [0.1, 0.15) is 17.7 Å². The fourth-order valence-corrected chi connectivity index (χ4v) is 3.69. The van der Waals surface area contributed by atoms with Crippen molar-refractivity contribution < 1.29 is 14.4 Å². The Hall–Kier alpha value is -4.28. The predicted octanol–water partition coefficient (Wildman–Crippen LogP) is 0.0379. The van der Waals surface area contributed by atoms with Gasteiger partial charge in [-0.3, -0.25) is 28.4 Å². The molecule has 0 radical (unpaired) electrons. The van der Waals surface area contributed by atoms with Crippen LogP contribution in [0.25, 0.3) is 11.0 Å². The summed E-state index contributed by atoms with van der Waals surface area (Å²) in [5.74, 6) is -1.20. The van der Waals surface area contributed by atoms with E-state index >= 15 is 0 Å². The summed E-state index contributed by atoms with van der Waals surface area (Å²) in [6.07, 6.45) is 1.29. The minimum absolute atomic E-state index is 0.138. The number of hydrogen-bond acceptors (Lipinski definition) is 6. The average Bonchev–Trinajstić information content (AvgIpc) is 3.00. The molecule has 3 aromatic rings. The summed E-state index contributed by atoms with van der Waals surface area (Å²) in [4.78, 5) is 67.3. The average molecular weight is 436 g/mol. The Kier molecular flexibility index (Phi) is 4.88. The van der Waals surface area contributed by atoms with Gasteiger partial charge in [-0.1, -0.05) is 30.3 Å². The Morgan fingerprint density at radius 3 is 2.47 bits per heavy atom. The molecule has 1 aliphatic rings. The second-order valence-corrected chi connectivity index (χ2v) is 7.66. The molecular weight excluding hydrogens is 416 g/mol. The lowest BCUT2D eigenvalue weighted by molar-refractivity contribution is -0.133. The topological polar surface area (TPSA) is 135 Å². The molecule has 0 spiro atoms. The molecule has 1 atom stereocenters. The number of fused-ring (bicyclic) bond motifs is 1. The quantitative estimate of drug-likeness (QED) is 0.555. The largest absolute Gasteiger partial charge is 0.332 e. The molecule has 0 aliphatic carbocycles. The highest BCUT2D eigenvalue weighted by Gasteiger charge is 2.49. The SMILES string of the molecule is Cn1c(=O)c2cc(NC(=O)CN3C(=O)NC(C)(c4ccccc4)C3=O)cnc2n(C)c1=O. The maximum atomic E-state index is 12.9. The number of imide groups is 1. The summed E-state index contributed by atoms with van der Waals surface area (Å²) in [7, 11) is 2.83. The van der Waals surface area contributed by atoms with Crippen LogP contribution in [0, 0.1) is 0 Å². The number of nitrogens with one attached hydrogen (secondary N) is 2. The number of aromatic nitrogens is 3. The third-order valence-corrected chi connectivity index (χ3v) is 5.50. The lowest BCUT2D eigenvalue weighted by Crippen LogP contribution is -2.42. The smallest absolute Gasteiger partial charge is 0.323 e. The van der Waals surface area contributed by atoms with Crippen LogP contribution in [0.15, 0.2) is 52.2 Å². The van der Waals surface area contributed by atoms with Gasteiger partial charge in [-0.25, -0.2) is 14.6 Å². The molecule has 1 saturated heterocycles. The molecule has 0 saturated carbocycles. The summed E-state index contributed by atoms with van der Waals surface area (Å²) in [5.41, 5.74) is -1.40. The van der Waals surface area contributed by atoms with E-state index in [9.17, 15) is 24.0 Å². The van der Waals surface area contributed by atoms with Crippen LogP contribution in [0.3, 0.4) is 0 Å². The summed E-state index contributed by atoms with van der Waals surface area (Å²) in [6, 6.07) is 9.44. The number of nitrogens with zero attached hydrogens (tertiary/aromatic N) is 4. The Balaban J connectivity index is 1.56. The minimum atomic E-state index is -1.28. The summed E-state index contributed by atoms with van der Waals surface area (Å²) in [5, 5.41) is 5.31. The van der Waals surface area contributed by atoms with E-state index in [-0.39, 0.29) is 16.7 Å². The molecule has 4 rings (SSSR count). The van der Waals surface area contributed by atoms with Crippen molar-refractivity contribution >= 4 is 34.6 Å². The summed E-state index contributed by atoms with van der Waals surface area (Å²) < 4.78 is 2.16. The highest BCUT2D eigenvalue weighted by atomic mass is 16.2. The molecule has 11 nitrogen and oxygen atoms in total. The number of carbonyl (C=O) groups is 3. The zero-order valence-corrected chi connectivity index (χ0v) is 17.6. The van der Waals surface area contributed by atoms with E-state index in [0.29, 0.717) is 5.56 Å². The van der Waals surface area contributed by atoms with Crippen molar-refractivity contribution in [3.63, 3.8) is 0 Å². The molecule has 1 fully saturated rings. The molecule has 1 unspecified atom stereocenters. The number of amides is 4. The Morgan fingerprint density at radius 1 is 1.09 bits per heavy atom. The van der Waals surface area contributed by atoms with Crippen molar-refractivity contribution in [2.24, 2.45) is 14.1 Å². The van der Waals surface area contributed by atoms with Gasteiger partial charge in [0, 0.05) is 14.1 Å². The monoisotopic (exact) mass is 436 g/mol. The summed E-state index contributed by atoms with van der Waals surface area (Å²) in [6.45, 7) is 1.06. The van der Waals surface area contributed by atoms with Crippen molar-refractivity contribution in [1.82, 2.24) is 24.3 Å². The lowest BCUT2D eigenvalue weighted by atomic mass is 9.92. The Morgan fingerprint density at radius 2 is 1.78 bits per heavy atom. The molecular formula is C21H20N6O5. The first-order valence-electron chi connectivity index (χ1n) is 9.68. The number of pyridine rings is 1. The van der Waals surface area contributed by atoms with Gasteiger partial charge in [0.05, 0.1) is 17.3 Å². The normalized spacial score (nSPS) is 18.2. The van der Waals surface area contributed by atoms with Crippen molar-refractivity contribution in [3.05, 3.63) is 69.0 Å². The van der Waals surface area contributed by atoms with Gasteiger partial charge in [0.2, 0.25) is 5.91 Å². The van der Waals surface area contributed by atoms with E-state index in [1.54, 1.807) is 37.3 Å². The second-order valence-electron chi connectivity index (χ2n) is 7.66. The first-order chi connectivity index (χ1) is 15.1. The van der Waals surface area contributed by atoms with Crippen LogP contribution >= 0.6 is 0 Å². The molecule has 4 amide bonds. The number of aryl methyl sites for hydroxylation is 1. The second kappa shape index (κ2) is 7.45. The third kappa shape index (κ3) is 3.23. The zero-order valence-electron chi connectivity index (χ0n) is 17.6. The molecule has 32 heavy (non-hydrogen) atoms. The number of carbonyl (C=O) groups excluding carboxylic acids is 3. The van der Waals surface area contributed by atoms with Gasteiger partial charge in [0.15, 0.2) is 0 Å². The van der Waals surface area contributed by atoms with Gasteiger partial charge in [-0.05, 0) is 18.6 Å². The van der Waals surface area contributed by atoms with Crippen LogP contribution in [0.1, 0.15) is 12.5 Å². The number of urea groups is 1. The van der Waals surface area contributed by atoms with Crippen LogP contribution in [0.4, 0.5) is 10.5 Å². The highest BCUT2D eigenvalue weighted by molar-refractivity contribution is 6.10. The van der Waals surface area contributed by atoms with E-state index in [1.807, 2.05) is 0 Å². The number of rotatable bonds is 4. The van der Waals surface area contributed by atoms with Gasteiger partial charge >= 0.3 is 11.7 Å². The number of anilines is 1. The maximum Gasteiger partial charge on any atom is 0.332 e. The first kappa shape index (κ1) is 21.0. The first-order valence-corrected chi connectivity index (χ1v) is 9.68. The van der Waals surface area contributed by atoms with Gasteiger partial charge < -0.3 is 10.6 Å². The third-order valence-electron chi connectivity index (χ3n) is 5.50. The van der Waals surface area contributed by atoms with Gasteiger partial charge in [-0.2, -0.15) is 0 Å². The molecule has 1 aromatic carbocycles. The molecule has 3 heterocycles. The highest BCUT2D eigenvalue weighted by Crippen LogP contribution is 2.28. The fraction of sp³-hybridized carbons (Fsp3) is 0.238. The fourth-order valence-electron chi connectivity index (χ4n) is 3.69. The zero-order chi connectivity index (χ0) is 23.2. The summed E-state index contributed by atoms with van der Waals surface area (Å²) >= 11 is 0. The van der Waals surface area contributed by atoms with Crippen LogP contribution in [-0.4, -0.2) is 43.4 Å². The number of benzene rings is 1. The molecule has 2 aromatic heterocycles. The van der Waals surface area contributed by atoms with Crippen LogP contribution in [0.5, 0.6) is 0 Å². The predicted molar refractivity (Wildman–Crippen MR) is 115 cm³/mol. The van der Waals surface area contributed by atoms with Crippen LogP contribution in [0.2, 0.25) is 0 Å². The van der Waals surface area contributed by atoms with Gasteiger partial charge in [-0.15, -0.1) is 0 Å². The molecule has 164 valence electrons. The molecule has 1 aliphatic heterocycles. The van der Waals surface area contributed by atoms with Crippen LogP contribution < -0.4 is 21.9 Å². The molecule has 0 bridgehead atoms. The van der Waals surface area contributed by atoms with Crippen molar-refractivity contribution in [1.29, 1.82) is 0 Å². The van der Waals surface area contributed by atoms with E-state index < -0.39 is 41.2 Å². The van der Waals surface area contributed by atoms with Crippen molar-refractivity contribution in [2.75, 3.05) is 11.9 Å². The lowest BCUT2D eigenvalue weighted by Gasteiger charge is -2.22. The number of hydrogen-bond donors (Lipinski definition) is 2.